The average molecular weight is 245 g/mol. The van der Waals surface area contributed by atoms with Gasteiger partial charge in [0.2, 0.25) is 0 Å². The van der Waals surface area contributed by atoms with Crippen LogP contribution in [0.4, 0.5) is 4.39 Å². The summed E-state index contributed by atoms with van der Waals surface area (Å²) >= 11 is 0. The van der Waals surface area contributed by atoms with E-state index in [2.05, 4.69) is 0 Å². The predicted molar refractivity (Wildman–Crippen MR) is 64.9 cm³/mol. The summed E-state index contributed by atoms with van der Waals surface area (Å²) in [6.45, 7) is 0. The maximum absolute atomic E-state index is 12.9. The van der Waals surface area contributed by atoms with E-state index in [1.165, 1.54) is 12.1 Å². The summed E-state index contributed by atoms with van der Waals surface area (Å²) in [5.74, 6) is 0.622. The number of halogens is 1. The highest BCUT2D eigenvalue weighted by molar-refractivity contribution is 5.46. The van der Waals surface area contributed by atoms with Crippen molar-refractivity contribution in [1.82, 2.24) is 4.90 Å². The Morgan fingerprint density at radius 2 is 2.00 bits per heavy atom. The molecule has 0 spiro atoms. The van der Waals surface area contributed by atoms with Gasteiger partial charge in [-0.15, -0.1) is 0 Å². The second-order valence-corrected chi connectivity index (χ2v) is 4.32. The number of hydrogen-bond acceptors (Lipinski definition) is 3. The van der Waals surface area contributed by atoms with E-state index >= 15 is 0 Å². The first kappa shape index (κ1) is 10.9. The van der Waals surface area contributed by atoms with Crippen LogP contribution in [0.5, 0.6) is 0 Å². The van der Waals surface area contributed by atoms with Crippen molar-refractivity contribution in [2.24, 2.45) is 0 Å². The van der Waals surface area contributed by atoms with Crippen LogP contribution in [0.15, 0.2) is 59.8 Å². The molecule has 0 radical (unpaired) electrons. The molecule has 2 aliphatic rings. The molecule has 1 unspecified atom stereocenters. The van der Waals surface area contributed by atoms with Crippen molar-refractivity contribution in [3.8, 4) is 0 Å². The van der Waals surface area contributed by atoms with E-state index in [-0.39, 0.29) is 17.8 Å². The molecule has 2 aliphatic heterocycles. The second kappa shape index (κ2) is 3.91. The molecule has 18 heavy (non-hydrogen) atoms. The molecule has 0 fully saturated rings. The van der Waals surface area contributed by atoms with Crippen LogP contribution in [-0.4, -0.2) is 17.1 Å². The largest absolute Gasteiger partial charge is 0.494 e. The third kappa shape index (κ3) is 1.76. The third-order valence-corrected chi connectivity index (χ3v) is 3.02. The quantitative estimate of drug-likeness (QED) is 0.825. The summed E-state index contributed by atoms with van der Waals surface area (Å²) in [7, 11) is 1.74. The van der Waals surface area contributed by atoms with E-state index in [4.69, 9.17) is 4.74 Å². The normalized spacial score (nSPS) is 21.8. The summed E-state index contributed by atoms with van der Waals surface area (Å²) in [5, 5.41) is 9.61. The number of rotatable bonds is 1. The fourth-order valence-corrected chi connectivity index (χ4v) is 2.01. The minimum atomic E-state index is -0.265. The molecule has 0 bridgehead atoms. The number of hydrogen-bond donors (Lipinski definition) is 1. The summed E-state index contributed by atoms with van der Waals surface area (Å²) in [5.41, 5.74) is 1.73. The number of fused-ring (bicyclic) bond motifs is 1. The minimum Gasteiger partial charge on any atom is -0.494 e. The zero-order valence-electron chi connectivity index (χ0n) is 9.80. The van der Waals surface area contributed by atoms with Crippen LogP contribution in [0.3, 0.4) is 0 Å². The first-order valence-electron chi connectivity index (χ1n) is 5.63. The van der Waals surface area contributed by atoms with Crippen LogP contribution in [0.2, 0.25) is 0 Å². The molecule has 4 heteroatoms. The number of ether oxygens (including phenoxy) is 1. The zero-order valence-corrected chi connectivity index (χ0v) is 9.80. The zero-order chi connectivity index (χ0) is 12.7. The highest BCUT2D eigenvalue weighted by atomic mass is 19.1. The van der Waals surface area contributed by atoms with Gasteiger partial charge in [-0.3, -0.25) is 0 Å². The van der Waals surface area contributed by atoms with E-state index in [1.54, 1.807) is 36.4 Å². The fraction of sp³-hybridized carbons (Fsp3) is 0.143. The van der Waals surface area contributed by atoms with E-state index < -0.39 is 0 Å². The summed E-state index contributed by atoms with van der Waals surface area (Å²) in [6.07, 6.45) is 5.05. The van der Waals surface area contributed by atoms with Gasteiger partial charge >= 0.3 is 0 Å². The summed E-state index contributed by atoms with van der Waals surface area (Å²) in [4.78, 5) is 1.58. The van der Waals surface area contributed by atoms with Crippen LogP contribution in [-0.2, 0) is 4.74 Å². The number of aliphatic hydroxyl groups excluding tert-OH is 1. The lowest BCUT2D eigenvalue weighted by Gasteiger charge is -2.19. The maximum Gasteiger partial charge on any atom is 0.191 e. The van der Waals surface area contributed by atoms with Crippen LogP contribution < -0.4 is 0 Å². The highest BCUT2D eigenvalue weighted by Gasteiger charge is 2.26. The number of benzene rings is 1. The van der Waals surface area contributed by atoms with Gasteiger partial charge in [-0.2, -0.15) is 0 Å². The van der Waals surface area contributed by atoms with Gasteiger partial charge in [0.25, 0.3) is 0 Å². The van der Waals surface area contributed by atoms with Gasteiger partial charge < -0.3 is 14.7 Å². The Morgan fingerprint density at radius 1 is 1.28 bits per heavy atom. The fourth-order valence-electron chi connectivity index (χ4n) is 2.01. The maximum atomic E-state index is 12.9. The van der Waals surface area contributed by atoms with Crippen LogP contribution in [0.25, 0.3) is 0 Å². The Kier molecular flexibility index (Phi) is 2.37. The van der Waals surface area contributed by atoms with Gasteiger partial charge in [0.1, 0.15) is 17.7 Å². The minimum absolute atomic E-state index is 0.174. The predicted octanol–water partition coefficient (Wildman–Crippen LogP) is 3.01. The molecule has 1 atom stereocenters. The van der Waals surface area contributed by atoms with Crippen molar-refractivity contribution in [2.75, 3.05) is 7.05 Å². The number of allylic oxidation sites excluding steroid dienone is 1. The molecular formula is C14H12FNO2. The second-order valence-electron chi connectivity index (χ2n) is 4.32. The SMILES string of the molecule is CN1C=C2OC(c3ccc(F)cc3)C=C2C=C1O. The van der Waals surface area contributed by atoms with Crippen molar-refractivity contribution in [3.63, 3.8) is 0 Å². The molecule has 0 saturated heterocycles. The summed E-state index contributed by atoms with van der Waals surface area (Å²) < 4.78 is 18.6. The molecule has 2 heterocycles. The van der Waals surface area contributed by atoms with Gasteiger partial charge in [0, 0.05) is 24.9 Å². The molecule has 0 aliphatic carbocycles. The Morgan fingerprint density at radius 3 is 2.72 bits per heavy atom. The van der Waals surface area contributed by atoms with E-state index in [9.17, 15) is 9.50 Å². The van der Waals surface area contributed by atoms with E-state index in [0.717, 1.165) is 11.1 Å². The molecule has 1 aromatic rings. The van der Waals surface area contributed by atoms with E-state index in [0.29, 0.717) is 5.76 Å². The van der Waals surface area contributed by atoms with Crippen molar-refractivity contribution in [2.45, 2.75) is 6.10 Å². The lowest BCUT2D eigenvalue weighted by Crippen LogP contribution is -2.14. The topological polar surface area (TPSA) is 32.7 Å². The monoisotopic (exact) mass is 245 g/mol. The first-order chi connectivity index (χ1) is 8.63. The van der Waals surface area contributed by atoms with Crippen LogP contribution >= 0.6 is 0 Å². The molecule has 3 nitrogen and oxygen atoms in total. The van der Waals surface area contributed by atoms with Gasteiger partial charge in [-0.05, 0) is 23.8 Å². The van der Waals surface area contributed by atoms with Gasteiger partial charge in [-0.1, -0.05) is 12.1 Å². The Labute approximate surface area is 104 Å². The van der Waals surface area contributed by atoms with Crippen LogP contribution in [0, 0.1) is 5.82 Å². The molecule has 0 aromatic heterocycles. The molecule has 0 amide bonds. The molecule has 1 N–H and O–H groups in total. The summed E-state index contributed by atoms with van der Waals surface area (Å²) in [6, 6.07) is 6.21. The Hall–Kier alpha value is -2.23. The van der Waals surface area contributed by atoms with Crippen molar-refractivity contribution < 1.29 is 14.2 Å². The first-order valence-corrected chi connectivity index (χ1v) is 5.63. The van der Waals surface area contributed by atoms with Gasteiger partial charge in [0.05, 0.1) is 0 Å². The van der Waals surface area contributed by atoms with Crippen molar-refractivity contribution in [1.29, 1.82) is 0 Å². The molecule has 1 aromatic carbocycles. The molecule has 92 valence electrons. The average Bonchev–Trinajstić information content (AvgIpc) is 2.73. The van der Waals surface area contributed by atoms with E-state index in [1.807, 2.05) is 6.08 Å². The number of aliphatic hydroxyl groups is 1. The Bertz CT molecular complexity index is 572. The highest BCUT2D eigenvalue weighted by Crippen LogP contribution is 2.37. The molecular weight excluding hydrogens is 233 g/mol. The Balaban J connectivity index is 1.91. The number of nitrogens with zero attached hydrogens (tertiary/aromatic N) is 1. The van der Waals surface area contributed by atoms with Gasteiger partial charge in [0.15, 0.2) is 5.88 Å². The van der Waals surface area contributed by atoms with Gasteiger partial charge in [-0.25, -0.2) is 4.39 Å². The lowest BCUT2D eigenvalue weighted by atomic mass is 10.1. The molecule has 3 rings (SSSR count). The lowest BCUT2D eigenvalue weighted by molar-refractivity contribution is 0.172. The standard InChI is InChI=1S/C14H12FNO2/c1-16-8-13-10(7-14(16)17)6-12(18-13)9-2-4-11(15)5-3-9/h2-8,12,17H,1H3. The van der Waals surface area contributed by atoms with Crippen LogP contribution in [0.1, 0.15) is 11.7 Å². The van der Waals surface area contributed by atoms with Crippen molar-refractivity contribution in [3.05, 3.63) is 71.2 Å². The molecule has 0 saturated carbocycles. The third-order valence-electron chi connectivity index (χ3n) is 3.02. The van der Waals surface area contributed by atoms with Crippen molar-refractivity contribution >= 4 is 0 Å². The smallest absolute Gasteiger partial charge is 0.191 e.